The van der Waals surface area contributed by atoms with Gasteiger partial charge in [-0.3, -0.25) is 9.59 Å². The van der Waals surface area contributed by atoms with Crippen LogP contribution in [0.15, 0.2) is 65.1 Å². The monoisotopic (exact) mass is 320 g/mol. The highest BCUT2D eigenvalue weighted by atomic mass is 16.3. The Hall–Kier alpha value is -3.34. The molecule has 0 saturated carbocycles. The molecule has 1 heterocycles. The molecule has 120 valence electrons. The van der Waals surface area contributed by atoms with Crippen molar-refractivity contribution in [3.8, 4) is 0 Å². The average molecular weight is 320 g/mol. The number of hydrogen-bond donors (Lipinski definition) is 2. The Morgan fingerprint density at radius 2 is 1.92 bits per heavy atom. The second-order valence-electron chi connectivity index (χ2n) is 5.30. The average Bonchev–Trinajstić information content (AvgIpc) is 3.01. The molecule has 0 fully saturated rings. The van der Waals surface area contributed by atoms with Gasteiger partial charge in [-0.05, 0) is 35.9 Å². The van der Waals surface area contributed by atoms with Gasteiger partial charge in [0.2, 0.25) is 11.8 Å². The van der Waals surface area contributed by atoms with Crippen molar-refractivity contribution in [3.05, 3.63) is 77.6 Å². The fourth-order valence-corrected chi connectivity index (χ4v) is 2.33. The number of fused-ring (bicyclic) bond motifs is 1. The molecule has 3 N–H and O–H groups in total. The second-order valence-corrected chi connectivity index (χ2v) is 5.30. The standard InChI is InChI=1S/C19H16N2O3/c20-19(23)15-6-3-4-13(10-15)12-21-18(22)9-8-16-11-14-5-1-2-7-17(14)24-16/h1-11H,12H2,(H2,20,23)(H,21,22)/b9-8+. The molecule has 3 rings (SSSR count). The van der Waals surface area contributed by atoms with Gasteiger partial charge in [0.15, 0.2) is 0 Å². The molecule has 5 heteroatoms. The third-order valence-electron chi connectivity index (χ3n) is 3.52. The molecule has 0 unspecified atom stereocenters. The minimum Gasteiger partial charge on any atom is -0.457 e. The van der Waals surface area contributed by atoms with Crippen LogP contribution < -0.4 is 11.1 Å². The van der Waals surface area contributed by atoms with E-state index in [0.717, 1.165) is 16.5 Å². The summed E-state index contributed by atoms with van der Waals surface area (Å²) >= 11 is 0. The van der Waals surface area contributed by atoms with E-state index < -0.39 is 5.91 Å². The predicted molar refractivity (Wildman–Crippen MR) is 92.1 cm³/mol. The molecule has 0 saturated heterocycles. The van der Waals surface area contributed by atoms with Crippen LogP contribution in [0.25, 0.3) is 17.0 Å². The summed E-state index contributed by atoms with van der Waals surface area (Å²) in [5.41, 5.74) is 7.23. The molecule has 0 bridgehead atoms. The molecule has 24 heavy (non-hydrogen) atoms. The van der Waals surface area contributed by atoms with Gasteiger partial charge in [0, 0.05) is 23.6 Å². The van der Waals surface area contributed by atoms with Gasteiger partial charge in [0.05, 0.1) is 0 Å². The van der Waals surface area contributed by atoms with E-state index in [1.54, 1.807) is 24.3 Å². The predicted octanol–water partition coefficient (Wildman–Crippen LogP) is 2.86. The van der Waals surface area contributed by atoms with E-state index in [1.807, 2.05) is 36.4 Å². The highest BCUT2D eigenvalue weighted by Crippen LogP contribution is 2.19. The SMILES string of the molecule is NC(=O)c1cccc(CNC(=O)/C=C/c2cc3ccccc3o2)c1. The number of furan rings is 1. The van der Waals surface area contributed by atoms with E-state index in [9.17, 15) is 9.59 Å². The number of hydrogen-bond acceptors (Lipinski definition) is 3. The number of carbonyl (C=O) groups is 2. The number of benzene rings is 2. The van der Waals surface area contributed by atoms with Crippen LogP contribution in [0.3, 0.4) is 0 Å². The molecule has 2 aromatic carbocycles. The lowest BCUT2D eigenvalue weighted by Gasteiger charge is -2.04. The lowest BCUT2D eigenvalue weighted by atomic mass is 10.1. The molecule has 2 amide bonds. The molecule has 0 spiro atoms. The van der Waals surface area contributed by atoms with Crippen molar-refractivity contribution >= 4 is 28.9 Å². The third kappa shape index (κ3) is 3.70. The quantitative estimate of drug-likeness (QED) is 0.709. The normalized spacial score (nSPS) is 11.0. The Morgan fingerprint density at radius 1 is 1.08 bits per heavy atom. The molecular weight excluding hydrogens is 304 g/mol. The largest absolute Gasteiger partial charge is 0.457 e. The lowest BCUT2D eigenvalue weighted by Crippen LogP contribution is -2.20. The summed E-state index contributed by atoms with van der Waals surface area (Å²) in [7, 11) is 0. The smallest absolute Gasteiger partial charge is 0.248 e. The zero-order valence-corrected chi connectivity index (χ0v) is 12.9. The van der Waals surface area contributed by atoms with Crippen LogP contribution in [-0.4, -0.2) is 11.8 Å². The van der Waals surface area contributed by atoms with Gasteiger partial charge in [-0.2, -0.15) is 0 Å². The molecule has 3 aromatic rings. The van der Waals surface area contributed by atoms with Crippen molar-refractivity contribution in [1.82, 2.24) is 5.32 Å². The summed E-state index contributed by atoms with van der Waals surface area (Å²) in [6.07, 6.45) is 3.03. The van der Waals surface area contributed by atoms with Gasteiger partial charge >= 0.3 is 0 Å². The zero-order chi connectivity index (χ0) is 16.9. The summed E-state index contributed by atoms with van der Waals surface area (Å²) in [6.45, 7) is 0.310. The maximum Gasteiger partial charge on any atom is 0.248 e. The van der Waals surface area contributed by atoms with Gasteiger partial charge in [0.25, 0.3) is 0 Å². The van der Waals surface area contributed by atoms with Crippen molar-refractivity contribution in [2.24, 2.45) is 5.73 Å². The van der Waals surface area contributed by atoms with Crippen LogP contribution in [0.2, 0.25) is 0 Å². The maximum absolute atomic E-state index is 11.9. The van der Waals surface area contributed by atoms with Gasteiger partial charge in [-0.25, -0.2) is 0 Å². The molecule has 0 radical (unpaired) electrons. The van der Waals surface area contributed by atoms with E-state index >= 15 is 0 Å². The summed E-state index contributed by atoms with van der Waals surface area (Å²) in [5.74, 6) is -0.130. The Labute approximate surface area is 138 Å². The number of amides is 2. The number of nitrogens with one attached hydrogen (secondary N) is 1. The molecule has 0 aliphatic heterocycles. The van der Waals surface area contributed by atoms with E-state index in [4.69, 9.17) is 10.2 Å². The van der Waals surface area contributed by atoms with E-state index in [-0.39, 0.29) is 5.91 Å². The Kier molecular flexibility index (Phi) is 4.43. The molecule has 0 aliphatic carbocycles. The maximum atomic E-state index is 11.9. The van der Waals surface area contributed by atoms with E-state index in [0.29, 0.717) is 17.9 Å². The summed E-state index contributed by atoms with van der Waals surface area (Å²) in [5, 5.41) is 3.74. The molecule has 5 nitrogen and oxygen atoms in total. The van der Waals surface area contributed by atoms with E-state index in [1.165, 1.54) is 6.08 Å². The molecular formula is C19H16N2O3. The van der Waals surface area contributed by atoms with Crippen molar-refractivity contribution in [2.75, 3.05) is 0 Å². The van der Waals surface area contributed by atoms with Gasteiger partial charge < -0.3 is 15.5 Å². The van der Waals surface area contributed by atoms with Crippen molar-refractivity contribution < 1.29 is 14.0 Å². The van der Waals surface area contributed by atoms with Crippen molar-refractivity contribution in [2.45, 2.75) is 6.54 Å². The Balaban J connectivity index is 1.61. The first-order valence-corrected chi connectivity index (χ1v) is 7.45. The van der Waals surface area contributed by atoms with Crippen LogP contribution in [0, 0.1) is 0 Å². The van der Waals surface area contributed by atoms with Crippen molar-refractivity contribution in [1.29, 1.82) is 0 Å². The summed E-state index contributed by atoms with van der Waals surface area (Å²) in [4.78, 5) is 23.0. The first-order chi connectivity index (χ1) is 11.6. The third-order valence-corrected chi connectivity index (χ3v) is 3.52. The first kappa shape index (κ1) is 15.6. The van der Waals surface area contributed by atoms with Crippen molar-refractivity contribution in [3.63, 3.8) is 0 Å². The van der Waals surface area contributed by atoms with Crippen LogP contribution in [0.1, 0.15) is 21.7 Å². The van der Waals surface area contributed by atoms with Crippen LogP contribution in [0.4, 0.5) is 0 Å². The molecule has 0 atom stereocenters. The first-order valence-electron chi connectivity index (χ1n) is 7.45. The Morgan fingerprint density at radius 3 is 2.71 bits per heavy atom. The van der Waals surface area contributed by atoms with Crippen LogP contribution in [-0.2, 0) is 11.3 Å². The van der Waals surface area contributed by atoms with Gasteiger partial charge in [0.1, 0.15) is 11.3 Å². The fourth-order valence-electron chi connectivity index (χ4n) is 2.33. The number of rotatable bonds is 5. The number of nitrogens with two attached hydrogens (primary N) is 1. The Bertz CT molecular complexity index is 892. The number of primary amides is 1. The van der Waals surface area contributed by atoms with Gasteiger partial charge in [-0.15, -0.1) is 0 Å². The summed E-state index contributed by atoms with van der Waals surface area (Å²) in [6, 6.07) is 16.3. The minimum absolute atomic E-state index is 0.250. The minimum atomic E-state index is -0.493. The molecule has 1 aromatic heterocycles. The second kappa shape index (κ2) is 6.83. The number of para-hydroxylation sites is 1. The molecule has 0 aliphatic rings. The number of carbonyl (C=O) groups excluding carboxylic acids is 2. The van der Waals surface area contributed by atoms with Crippen LogP contribution in [0.5, 0.6) is 0 Å². The highest BCUT2D eigenvalue weighted by Gasteiger charge is 2.03. The fraction of sp³-hybridized carbons (Fsp3) is 0.0526. The van der Waals surface area contributed by atoms with E-state index in [2.05, 4.69) is 5.32 Å². The lowest BCUT2D eigenvalue weighted by molar-refractivity contribution is -0.116. The topological polar surface area (TPSA) is 85.3 Å². The van der Waals surface area contributed by atoms with Gasteiger partial charge in [-0.1, -0.05) is 30.3 Å². The zero-order valence-electron chi connectivity index (χ0n) is 12.9. The summed E-state index contributed by atoms with van der Waals surface area (Å²) < 4.78 is 5.61. The van der Waals surface area contributed by atoms with Crippen LogP contribution >= 0.6 is 0 Å². The highest BCUT2D eigenvalue weighted by molar-refractivity contribution is 5.93.